The second-order valence-corrected chi connectivity index (χ2v) is 0. The summed E-state index contributed by atoms with van der Waals surface area (Å²) in [5.41, 5.74) is 0. The van der Waals surface area contributed by atoms with Crippen molar-refractivity contribution in [1.29, 1.82) is 0 Å². The van der Waals surface area contributed by atoms with Crippen LogP contribution in [0.5, 0.6) is 0 Å². The number of halogens is 2. The van der Waals surface area contributed by atoms with E-state index in [0.29, 0.717) is 0 Å². The van der Waals surface area contributed by atoms with E-state index in [1.165, 1.54) is 0 Å². The van der Waals surface area contributed by atoms with E-state index in [4.69, 9.17) is 0 Å². The Labute approximate surface area is 85.0 Å². The maximum atomic E-state index is 0. The third-order valence-corrected chi connectivity index (χ3v) is 0. The molecule has 0 heterocycles. The molecule has 0 aliphatic rings. The minimum Gasteiger partial charge on any atom is -1.00 e. The first-order valence-corrected chi connectivity index (χ1v) is 0. The Kier molecular flexibility index (Phi) is 332. The first kappa shape index (κ1) is 51.8. The third kappa shape index (κ3) is 21.3. The minimum atomic E-state index is 0. The van der Waals surface area contributed by atoms with Gasteiger partial charge >= 0.3 is 44.8 Å². The van der Waals surface area contributed by atoms with Crippen LogP contribution in [0.1, 0.15) is 7.43 Å². The van der Waals surface area contributed by atoms with Crippen molar-refractivity contribution in [3.63, 3.8) is 0 Å². The van der Waals surface area contributed by atoms with Crippen LogP contribution in [0.25, 0.3) is 0 Å². The molecule has 0 nitrogen and oxygen atoms in total. The molecular formula is CH4Ag2Br2. The van der Waals surface area contributed by atoms with Crippen LogP contribution in [-0.4, -0.2) is 0 Å². The zero-order valence-corrected chi connectivity index (χ0v) is 7.50. The first-order chi connectivity index (χ1) is 0. The number of rotatable bonds is 0. The van der Waals surface area contributed by atoms with Crippen LogP contribution in [-0.2, 0) is 44.8 Å². The average Bonchev–Trinajstić information content (AvgIpc) is 0. The number of hydrogen-bond donors (Lipinski definition) is 0. The van der Waals surface area contributed by atoms with Crippen LogP contribution in [0.3, 0.4) is 0 Å². The van der Waals surface area contributed by atoms with Gasteiger partial charge in [-0.2, -0.15) is 0 Å². The van der Waals surface area contributed by atoms with E-state index >= 15 is 0 Å². The Morgan fingerprint density at radius 2 is 0.600 bits per heavy atom. The fourth-order valence-electron chi connectivity index (χ4n) is 0. The molecular weight excluding hydrogens is 388 g/mol. The van der Waals surface area contributed by atoms with E-state index in [1.807, 2.05) is 0 Å². The molecule has 5 heavy (non-hydrogen) atoms. The topological polar surface area (TPSA) is 0 Å². The van der Waals surface area contributed by atoms with Crippen molar-refractivity contribution in [2.75, 3.05) is 0 Å². The predicted octanol–water partition coefficient (Wildman–Crippen LogP) is -5.36. The molecule has 0 radical (unpaired) electrons. The largest absolute Gasteiger partial charge is 1.00 e. The van der Waals surface area contributed by atoms with Crippen molar-refractivity contribution in [2.45, 2.75) is 7.43 Å². The molecule has 0 aliphatic carbocycles. The molecule has 0 aromatic rings. The van der Waals surface area contributed by atoms with Crippen LogP contribution in [0.2, 0.25) is 0 Å². The van der Waals surface area contributed by atoms with Crippen molar-refractivity contribution in [3.05, 3.63) is 0 Å². The Balaban J connectivity index is 0. The Morgan fingerprint density at radius 1 is 0.600 bits per heavy atom. The smallest absolute Gasteiger partial charge is 1.00 e. The van der Waals surface area contributed by atoms with Gasteiger partial charge in [-0.05, 0) is 0 Å². The third-order valence-electron chi connectivity index (χ3n) is 0. The van der Waals surface area contributed by atoms with Gasteiger partial charge in [0.1, 0.15) is 0 Å². The van der Waals surface area contributed by atoms with E-state index in [-0.39, 0.29) is 86.2 Å². The van der Waals surface area contributed by atoms with Gasteiger partial charge in [-0.3, -0.25) is 0 Å². The van der Waals surface area contributed by atoms with Crippen molar-refractivity contribution in [2.24, 2.45) is 0 Å². The van der Waals surface area contributed by atoms with Gasteiger partial charge in [0.05, 0.1) is 0 Å². The van der Waals surface area contributed by atoms with Crippen molar-refractivity contribution < 1.29 is 78.7 Å². The SMILES string of the molecule is C.[Ag+].[Ag+].[Br-].[Br-]. The minimum absolute atomic E-state index is 0. The summed E-state index contributed by atoms with van der Waals surface area (Å²) in [5.74, 6) is 0. The van der Waals surface area contributed by atoms with Crippen LogP contribution in [0, 0.1) is 0 Å². The Morgan fingerprint density at radius 3 is 0.600 bits per heavy atom. The predicted molar refractivity (Wildman–Crippen MR) is 6.73 cm³/mol. The molecule has 0 N–H and O–H groups in total. The van der Waals surface area contributed by atoms with Gasteiger partial charge in [0.25, 0.3) is 0 Å². The summed E-state index contributed by atoms with van der Waals surface area (Å²) in [6.45, 7) is 0. The molecule has 0 atom stereocenters. The molecule has 0 unspecified atom stereocenters. The van der Waals surface area contributed by atoms with Gasteiger partial charge in [-0.15, -0.1) is 0 Å². The number of hydrogen-bond acceptors (Lipinski definition) is 0. The maximum Gasteiger partial charge on any atom is 1.00 e. The van der Waals surface area contributed by atoms with Crippen LogP contribution in [0.15, 0.2) is 0 Å². The van der Waals surface area contributed by atoms with Gasteiger partial charge in [0, 0.05) is 0 Å². The monoisotopic (exact) mass is 388 g/mol. The molecule has 0 aliphatic heterocycles. The molecule has 0 saturated carbocycles. The second kappa shape index (κ2) is 32.0. The molecule has 44 valence electrons. The van der Waals surface area contributed by atoms with Crippen LogP contribution in [0.4, 0.5) is 0 Å². The normalized spacial score (nSPS) is 0. The first-order valence-electron chi connectivity index (χ1n) is 0. The fraction of sp³-hybridized carbons (Fsp3) is 1.00. The zero-order chi connectivity index (χ0) is 0. The summed E-state index contributed by atoms with van der Waals surface area (Å²) in [6, 6.07) is 0. The van der Waals surface area contributed by atoms with E-state index in [9.17, 15) is 0 Å². The Bertz CT molecular complexity index is 7.61. The molecule has 0 fully saturated rings. The van der Waals surface area contributed by atoms with Gasteiger partial charge < -0.3 is 34.0 Å². The Hall–Kier alpha value is 2.44. The van der Waals surface area contributed by atoms with Crippen LogP contribution < -0.4 is 34.0 Å². The molecule has 0 bridgehead atoms. The second-order valence-electron chi connectivity index (χ2n) is 0. The summed E-state index contributed by atoms with van der Waals surface area (Å²) in [5, 5.41) is 0. The molecule has 0 aromatic heterocycles. The van der Waals surface area contributed by atoms with Gasteiger partial charge in [0.2, 0.25) is 0 Å². The van der Waals surface area contributed by atoms with E-state index < -0.39 is 0 Å². The van der Waals surface area contributed by atoms with E-state index in [0.717, 1.165) is 0 Å². The molecule has 0 rings (SSSR count). The van der Waals surface area contributed by atoms with Gasteiger partial charge in [-0.1, -0.05) is 7.43 Å². The summed E-state index contributed by atoms with van der Waals surface area (Å²) in [7, 11) is 0. The van der Waals surface area contributed by atoms with Crippen molar-refractivity contribution in [3.8, 4) is 0 Å². The fourth-order valence-corrected chi connectivity index (χ4v) is 0. The molecule has 0 aromatic carbocycles. The summed E-state index contributed by atoms with van der Waals surface area (Å²) in [6.07, 6.45) is 0. The molecule has 0 saturated heterocycles. The van der Waals surface area contributed by atoms with Gasteiger partial charge in [-0.25, -0.2) is 0 Å². The average molecular weight is 392 g/mol. The van der Waals surface area contributed by atoms with E-state index in [1.54, 1.807) is 0 Å². The van der Waals surface area contributed by atoms with Gasteiger partial charge in [0.15, 0.2) is 0 Å². The summed E-state index contributed by atoms with van der Waals surface area (Å²) in [4.78, 5) is 0. The van der Waals surface area contributed by atoms with E-state index in [2.05, 4.69) is 0 Å². The maximum absolute atomic E-state index is 0. The van der Waals surface area contributed by atoms with Crippen molar-refractivity contribution in [1.82, 2.24) is 0 Å². The summed E-state index contributed by atoms with van der Waals surface area (Å²) >= 11 is 0. The molecule has 0 amide bonds. The molecule has 0 spiro atoms. The molecule has 4 heteroatoms. The van der Waals surface area contributed by atoms with Crippen LogP contribution >= 0.6 is 0 Å². The summed E-state index contributed by atoms with van der Waals surface area (Å²) < 4.78 is 0. The quantitative estimate of drug-likeness (QED) is 0.362. The van der Waals surface area contributed by atoms with Crippen molar-refractivity contribution >= 4 is 0 Å². The zero-order valence-electron chi connectivity index (χ0n) is 1.36. The standard InChI is InChI=1S/CH4.2Ag.2BrH/h1H4;;;2*1H/q;2*+1;;/p-2.